The molecule has 0 heterocycles. The Kier molecular flexibility index (Phi) is 9.97. The second kappa shape index (κ2) is 9.97. The second-order valence-electron chi connectivity index (χ2n) is 4.79. The third-order valence-electron chi connectivity index (χ3n) is 3.06. The molecule has 102 valence electrons. The molecule has 0 radical (unpaired) electrons. The highest BCUT2D eigenvalue weighted by atomic mass is 127. The first-order chi connectivity index (χ1) is 7.77. The lowest BCUT2D eigenvalue weighted by molar-refractivity contribution is 0.669. The zero-order valence-corrected chi connectivity index (χ0v) is 13.8. The lowest BCUT2D eigenvalue weighted by Crippen LogP contribution is -2.39. The molecule has 0 aliphatic heterocycles. The van der Waals surface area contributed by atoms with E-state index in [0.717, 1.165) is 25.0 Å². The fraction of sp³-hybridized carbons (Fsp3) is 0.923. The minimum Gasteiger partial charge on any atom is -0.357 e. The standard InChI is InChI=1S/C13H27N3.HI/c1-4-6-7-8-9-15-13(14-5-2)16-12-10-11(12)3;/h11-12H,4-10H2,1-3H3,(H2,14,15,16);1H. The Balaban J connectivity index is 0.00000256. The summed E-state index contributed by atoms with van der Waals surface area (Å²) in [6.45, 7) is 8.54. The minimum absolute atomic E-state index is 0. The van der Waals surface area contributed by atoms with Gasteiger partial charge in [-0.3, -0.25) is 4.99 Å². The average molecular weight is 353 g/mol. The van der Waals surface area contributed by atoms with Crippen LogP contribution in [0.3, 0.4) is 0 Å². The van der Waals surface area contributed by atoms with Gasteiger partial charge in [-0.05, 0) is 25.7 Å². The van der Waals surface area contributed by atoms with Crippen molar-refractivity contribution in [1.82, 2.24) is 10.6 Å². The Labute approximate surface area is 123 Å². The number of unbranched alkanes of at least 4 members (excludes halogenated alkanes) is 3. The molecular formula is C13H28IN3. The molecule has 1 aliphatic rings. The van der Waals surface area contributed by atoms with E-state index in [1.165, 1.54) is 32.1 Å². The van der Waals surface area contributed by atoms with Crippen LogP contribution in [0.4, 0.5) is 0 Å². The third-order valence-corrected chi connectivity index (χ3v) is 3.06. The smallest absolute Gasteiger partial charge is 0.191 e. The van der Waals surface area contributed by atoms with Gasteiger partial charge in [-0.25, -0.2) is 0 Å². The molecule has 1 aliphatic carbocycles. The predicted octanol–water partition coefficient (Wildman–Crippen LogP) is 3.15. The lowest BCUT2D eigenvalue weighted by atomic mass is 10.2. The van der Waals surface area contributed by atoms with E-state index in [0.29, 0.717) is 6.04 Å². The van der Waals surface area contributed by atoms with Crippen LogP contribution in [0.5, 0.6) is 0 Å². The van der Waals surface area contributed by atoms with Gasteiger partial charge in [-0.15, -0.1) is 24.0 Å². The maximum Gasteiger partial charge on any atom is 0.191 e. The van der Waals surface area contributed by atoms with Crippen molar-refractivity contribution in [1.29, 1.82) is 0 Å². The van der Waals surface area contributed by atoms with Gasteiger partial charge in [0.25, 0.3) is 0 Å². The highest BCUT2D eigenvalue weighted by molar-refractivity contribution is 14.0. The van der Waals surface area contributed by atoms with Crippen LogP contribution in [0, 0.1) is 5.92 Å². The van der Waals surface area contributed by atoms with Crippen LogP contribution < -0.4 is 10.6 Å². The van der Waals surface area contributed by atoms with Crippen molar-refractivity contribution in [3.63, 3.8) is 0 Å². The number of hydrogen-bond acceptors (Lipinski definition) is 1. The summed E-state index contributed by atoms with van der Waals surface area (Å²) in [5.74, 6) is 1.83. The van der Waals surface area contributed by atoms with Gasteiger partial charge in [0.1, 0.15) is 0 Å². The topological polar surface area (TPSA) is 36.4 Å². The first kappa shape index (κ1) is 17.0. The average Bonchev–Trinajstić information content (AvgIpc) is 2.94. The van der Waals surface area contributed by atoms with Crippen molar-refractivity contribution in [2.75, 3.05) is 13.1 Å². The highest BCUT2D eigenvalue weighted by Crippen LogP contribution is 2.28. The zero-order chi connectivity index (χ0) is 11.8. The largest absolute Gasteiger partial charge is 0.357 e. The maximum atomic E-state index is 4.59. The van der Waals surface area contributed by atoms with Crippen LogP contribution in [0.25, 0.3) is 0 Å². The quantitative estimate of drug-likeness (QED) is 0.319. The molecule has 0 aromatic carbocycles. The molecule has 2 atom stereocenters. The molecule has 17 heavy (non-hydrogen) atoms. The number of nitrogens with one attached hydrogen (secondary N) is 2. The fourth-order valence-electron chi connectivity index (χ4n) is 1.75. The minimum atomic E-state index is 0. The van der Waals surface area contributed by atoms with Crippen LogP contribution >= 0.6 is 24.0 Å². The van der Waals surface area contributed by atoms with E-state index < -0.39 is 0 Å². The fourth-order valence-corrected chi connectivity index (χ4v) is 1.75. The van der Waals surface area contributed by atoms with Crippen LogP contribution in [0.15, 0.2) is 4.99 Å². The molecule has 4 heteroatoms. The van der Waals surface area contributed by atoms with Gasteiger partial charge in [0, 0.05) is 19.1 Å². The van der Waals surface area contributed by atoms with E-state index in [1.807, 2.05) is 0 Å². The van der Waals surface area contributed by atoms with Gasteiger partial charge in [0.05, 0.1) is 0 Å². The Morgan fingerprint density at radius 3 is 2.47 bits per heavy atom. The summed E-state index contributed by atoms with van der Waals surface area (Å²) >= 11 is 0. The van der Waals surface area contributed by atoms with Crippen LogP contribution in [0.2, 0.25) is 0 Å². The molecule has 1 rings (SSSR count). The normalized spacial score (nSPS) is 22.9. The van der Waals surface area contributed by atoms with Crippen molar-refractivity contribution < 1.29 is 0 Å². The highest BCUT2D eigenvalue weighted by Gasteiger charge is 2.33. The number of nitrogens with zero attached hydrogens (tertiary/aromatic N) is 1. The molecule has 1 saturated carbocycles. The number of halogens is 1. The molecule has 0 spiro atoms. The number of hydrogen-bond donors (Lipinski definition) is 2. The SMILES string of the molecule is CCCCCCN=C(NCC)NC1CC1C.I. The van der Waals surface area contributed by atoms with Gasteiger partial charge in [-0.1, -0.05) is 33.1 Å². The van der Waals surface area contributed by atoms with Crippen molar-refractivity contribution in [3.8, 4) is 0 Å². The molecule has 0 bridgehead atoms. The van der Waals surface area contributed by atoms with Crippen LogP contribution in [0.1, 0.15) is 52.9 Å². The molecule has 0 saturated heterocycles. The van der Waals surface area contributed by atoms with Gasteiger partial charge in [0.2, 0.25) is 0 Å². The van der Waals surface area contributed by atoms with Gasteiger partial charge >= 0.3 is 0 Å². The third kappa shape index (κ3) is 7.84. The number of rotatable bonds is 7. The van der Waals surface area contributed by atoms with E-state index in [9.17, 15) is 0 Å². The van der Waals surface area contributed by atoms with Gasteiger partial charge < -0.3 is 10.6 Å². The zero-order valence-electron chi connectivity index (χ0n) is 11.5. The van der Waals surface area contributed by atoms with Crippen molar-refractivity contribution in [3.05, 3.63) is 0 Å². The Bertz CT molecular complexity index is 219. The van der Waals surface area contributed by atoms with E-state index in [1.54, 1.807) is 0 Å². The summed E-state index contributed by atoms with van der Waals surface area (Å²) in [5.41, 5.74) is 0. The number of aliphatic imine (C=N–C) groups is 1. The summed E-state index contributed by atoms with van der Waals surface area (Å²) < 4.78 is 0. The first-order valence-electron chi connectivity index (χ1n) is 6.82. The van der Waals surface area contributed by atoms with Crippen LogP contribution in [-0.4, -0.2) is 25.1 Å². The maximum absolute atomic E-state index is 4.59. The first-order valence-corrected chi connectivity index (χ1v) is 6.82. The van der Waals surface area contributed by atoms with E-state index in [4.69, 9.17) is 0 Å². The van der Waals surface area contributed by atoms with Gasteiger partial charge in [-0.2, -0.15) is 0 Å². The molecule has 1 fully saturated rings. The Morgan fingerprint density at radius 1 is 1.24 bits per heavy atom. The van der Waals surface area contributed by atoms with Crippen LogP contribution in [-0.2, 0) is 0 Å². The summed E-state index contributed by atoms with van der Waals surface area (Å²) in [4.78, 5) is 4.59. The Hall–Kier alpha value is 0. The lowest BCUT2D eigenvalue weighted by Gasteiger charge is -2.10. The molecule has 3 nitrogen and oxygen atoms in total. The van der Waals surface area contributed by atoms with Gasteiger partial charge in [0.15, 0.2) is 5.96 Å². The van der Waals surface area contributed by atoms with E-state index in [2.05, 4.69) is 36.4 Å². The molecule has 0 aromatic heterocycles. The van der Waals surface area contributed by atoms with E-state index >= 15 is 0 Å². The second-order valence-corrected chi connectivity index (χ2v) is 4.79. The molecule has 2 N–H and O–H groups in total. The monoisotopic (exact) mass is 353 g/mol. The van der Waals surface area contributed by atoms with Crippen molar-refractivity contribution >= 4 is 29.9 Å². The summed E-state index contributed by atoms with van der Waals surface area (Å²) in [5, 5.41) is 6.78. The summed E-state index contributed by atoms with van der Waals surface area (Å²) in [6.07, 6.45) is 6.44. The predicted molar refractivity (Wildman–Crippen MR) is 86.2 cm³/mol. The summed E-state index contributed by atoms with van der Waals surface area (Å²) in [6, 6.07) is 0.661. The van der Waals surface area contributed by atoms with Crippen molar-refractivity contribution in [2.45, 2.75) is 58.9 Å². The number of guanidine groups is 1. The molecular weight excluding hydrogens is 325 g/mol. The molecule has 0 amide bonds. The Morgan fingerprint density at radius 2 is 1.94 bits per heavy atom. The molecule has 2 unspecified atom stereocenters. The summed E-state index contributed by atoms with van der Waals surface area (Å²) in [7, 11) is 0. The van der Waals surface area contributed by atoms with E-state index in [-0.39, 0.29) is 24.0 Å². The molecule has 0 aromatic rings. The van der Waals surface area contributed by atoms with Crippen molar-refractivity contribution in [2.24, 2.45) is 10.9 Å².